The fraction of sp³-hybridized carbons (Fsp3) is 0.320. The van der Waals surface area contributed by atoms with Gasteiger partial charge in [0.2, 0.25) is 5.91 Å². The van der Waals surface area contributed by atoms with Crippen LogP contribution in [0.15, 0.2) is 59.8 Å². The molecular formula is C25H25F3N4O3S. The monoisotopic (exact) mass is 518 g/mol. The van der Waals surface area contributed by atoms with Crippen molar-refractivity contribution in [2.75, 3.05) is 19.5 Å². The van der Waals surface area contributed by atoms with Gasteiger partial charge in [-0.2, -0.15) is 13.2 Å². The summed E-state index contributed by atoms with van der Waals surface area (Å²) in [5.74, 6) is 1.25. The van der Waals surface area contributed by atoms with Crippen molar-refractivity contribution < 1.29 is 27.4 Å². The van der Waals surface area contributed by atoms with Crippen LogP contribution in [0, 0.1) is 0 Å². The second kappa shape index (κ2) is 11.6. The van der Waals surface area contributed by atoms with Crippen molar-refractivity contribution in [1.29, 1.82) is 0 Å². The largest absolute Gasteiger partial charge is 0.497 e. The second-order valence-electron chi connectivity index (χ2n) is 8.05. The number of hydrogen-bond donors (Lipinski definition) is 1. The number of hydrogen-bond acceptors (Lipinski definition) is 6. The number of halogens is 3. The zero-order chi connectivity index (χ0) is 25.5. The molecule has 0 saturated carbocycles. The van der Waals surface area contributed by atoms with Crippen LogP contribution in [0.5, 0.6) is 5.75 Å². The fourth-order valence-corrected chi connectivity index (χ4v) is 4.68. The first-order chi connectivity index (χ1) is 17.3. The van der Waals surface area contributed by atoms with E-state index in [0.29, 0.717) is 29.1 Å². The van der Waals surface area contributed by atoms with E-state index in [1.54, 1.807) is 36.0 Å². The molecule has 1 fully saturated rings. The second-order valence-corrected chi connectivity index (χ2v) is 9.04. The van der Waals surface area contributed by atoms with E-state index in [4.69, 9.17) is 9.47 Å². The van der Waals surface area contributed by atoms with E-state index >= 15 is 0 Å². The molecule has 36 heavy (non-hydrogen) atoms. The zero-order valence-corrected chi connectivity index (χ0v) is 20.3. The molecule has 0 spiro atoms. The number of ether oxygens (including phenoxy) is 2. The maximum Gasteiger partial charge on any atom is 0.416 e. The molecule has 190 valence electrons. The number of methoxy groups -OCH3 is 1. The minimum atomic E-state index is -4.49. The van der Waals surface area contributed by atoms with Crippen molar-refractivity contribution in [2.45, 2.75) is 36.8 Å². The Morgan fingerprint density at radius 1 is 1.25 bits per heavy atom. The topological polar surface area (TPSA) is 78.3 Å². The van der Waals surface area contributed by atoms with Gasteiger partial charge < -0.3 is 14.8 Å². The molecule has 7 nitrogen and oxygen atoms in total. The lowest BCUT2D eigenvalue weighted by molar-refractivity contribution is -0.137. The Morgan fingerprint density at radius 3 is 2.75 bits per heavy atom. The number of thioether (sulfide) groups is 1. The average molecular weight is 519 g/mol. The van der Waals surface area contributed by atoms with Crippen LogP contribution < -0.4 is 10.1 Å². The van der Waals surface area contributed by atoms with Gasteiger partial charge in [0.15, 0.2) is 11.0 Å². The van der Waals surface area contributed by atoms with Gasteiger partial charge in [-0.3, -0.25) is 9.36 Å². The summed E-state index contributed by atoms with van der Waals surface area (Å²) in [7, 11) is 1.57. The molecule has 2 aromatic carbocycles. The van der Waals surface area contributed by atoms with Gasteiger partial charge in [0.1, 0.15) is 5.75 Å². The molecule has 1 aromatic heterocycles. The molecule has 2 heterocycles. The summed E-state index contributed by atoms with van der Waals surface area (Å²) in [4.78, 5) is 12.4. The van der Waals surface area contributed by atoms with Crippen LogP contribution in [0.1, 0.15) is 29.8 Å². The standard InChI is InChI=1S/C25H25F3N4O3S/c1-34-20-10-7-17(8-11-20)9-12-23(33)29-15-22-30-31-24(36-16-21-6-3-13-35-21)32(22)19-5-2-4-18(14-19)25(26,27)28/h2,4-5,7-12,14,21H,3,6,13,15-16H2,1H3,(H,29,33). The normalized spacial score (nSPS) is 15.9. The van der Waals surface area contributed by atoms with E-state index in [1.807, 2.05) is 12.1 Å². The number of nitrogens with zero attached hydrogens (tertiary/aromatic N) is 3. The lowest BCUT2D eigenvalue weighted by atomic mass is 10.2. The van der Waals surface area contributed by atoms with Crippen LogP contribution in [-0.2, 0) is 22.3 Å². The highest BCUT2D eigenvalue weighted by molar-refractivity contribution is 7.99. The van der Waals surface area contributed by atoms with Crippen LogP contribution in [0.3, 0.4) is 0 Å². The molecular weight excluding hydrogens is 493 g/mol. The van der Waals surface area contributed by atoms with E-state index in [2.05, 4.69) is 15.5 Å². The first-order valence-corrected chi connectivity index (χ1v) is 12.3. The lowest BCUT2D eigenvalue weighted by Gasteiger charge is -2.14. The van der Waals surface area contributed by atoms with Crippen LogP contribution in [0.2, 0.25) is 0 Å². The molecule has 1 unspecified atom stereocenters. The number of carbonyl (C=O) groups is 1. The van der Waals surface area contributed by atoms with Gasteiger partial charge in [0, 0.05) is 18.4 Å². The van der Waals surface area contributed by atoms with E-state index in [9.17, 15) is 18.0 Å². The number of rotatable bonds is 9. The Balaban J connectivity index is 1.51. The van der Waals surface area contributed by atoms with E-state index < -0.39 is 11.7 Å². The van der Waals surface area contributed by atoms with Gasteiger partial charge in [0.25, 0.3) is 0 Å². The number of benzene rings is 2. The Hall–Kier alpha value is -3.31. The van der Waals surface area contributed by atoms with Crippen molar-refractivity contribution >= 4 is 23.7 Å². The van der Waals surface area contributed by atoms with E-state index in [0.717, 1.165) is 30.5 Å². The Bertz CT molecular complexity index is 1210. The van der Waals surface area contributed by atoms with Gasteiger partial charge in [0.05, 0.1) is 31.0 Å². The molecule has 4 rings (SSSR count). The van der Waals surface area contributed by atoms with Gasteiger partial charge in [-0.05, 0) is 54.8 Å². The van der Waals surface area contributed by atoms with Gasteiger partial charge in [-0.15, -0.1) is 10.2 Å². The number of alkyl halides is 3. The quantitative estimate of drug-likeness (QED) is 0.321. The highest BCUT2D eigenvalue weighted by Gasteiger charge is 2.31. The third kappa shape index (κ3) is 6.67. The minimum absolute atomic E-state index is 0.0183. The summed E-state index contributed by atoms with van der Waals surface area (Å²) in [6.45, 7) is 0.683. The van der Waals surface area contributed by atoms with Gasteiger partial charge in [-0.25, -0.2) is 0 Å². The highest BCUT2D eigenvalue weighted by atomic mass is 32.2. The summed E-state index contributed by atoms with van der Waals surface area (Å²) in [6.07, 6.45) is 0.499. The number of carbonyl (C=O) groups excluding carboxylic acids is 1. The molecule has 1 saturated heterocycles. The van der Waals surface area contributed by atoms with Crippen molar-refractivity contribution in [1.82, 2.24) is 20.1 Å². The first-order valence-electron chi connectivity index (χ1n) is 11.3. The molecule has 1 aliphatic heterocycles. The average Bonchev–Trinajstić information content (AvgIpc) is 3.54. The molecule has 11 heteroatoms. The Morgan fingerprint density at radius 2 is 2.06 bits per heavy atom. The van der Waals surface area contributed by atoms with Crippen LogP contribution in [0.4, 0.5) is 13.2 Å². The lowest BCUT2D eigenvalue weighted by Crippen LogP contribution is -2.22. The van der Waals surface area contributed by atoms with Crippen molar-refractivity contribution in [3.8, 4) is 11.4 Å². The number of amides is 1. The summed E-state index contributed by atoms with van der Waals surface area (Å²) in [5.41, 5.74) is 0.301. The highest BCUT2D eigenvalue weighted by Crippen LogP contribution is 2.32. The summed E-state index contributed by atoms with van der Waals surface area (Å²) >= 11 is 1.36. The molecule has 1 aliphatic rings. The fourth-order valence-electron chi connectivity index (χ4n) is 3.64. The van der Waals surface area contributed by atoms with Crippen molar-refractivity contribution in [3.05, 3.63) is 71.6 Å². The smallest absolute Gasteiger partial charge is 0.416 e. The number of aromatic nitrogens is 3. The Kier molecular flexibility index (Phi) is 8.32. The van der Waals surface area contributed by atoms with E-state index in [1.165, 1.54) is 23.9 Å². The maximum atomic E-state index is 13.4. The van der Waals surface area contributed by atoms with E-state index in [-0.39, 0.29) is 24.2 Å². The summed E-state index contributed by atoms with van der Waals surface area (Å²) in [5, 5.41) is 11.5. The Labute approximate surface area is 210 Å². The molecule has 0 radical (unpaired) electrons. The van der Waals surface area contributed by atoms with Crippen molar-refractivity contribution in [2.24, 2.45) is 0 Å². The maximum absolute atomic E-state index is 13.4. The molecule has 0 aliphatic carbocycles. The van der Waals surface area contributed by atoms with Crippen LogP contribution >= 0.6 is 11.8 Å². The van der Waals surface area contributed by atoms with Gasteiger partial charge in [-0.1, -0.05) is 30.0 Å². The zero-order valence-electron chi connectivity index (χ0n) is 19.5. The molecule has 3 aromatic rings. The summed E-state index contributed by atoms with van der Waals surface area (Å²) in [6, 6.07) is 12.1. The molecule has 1 atom stereocenters. The van der Waals surface area contributed by atoms with Crippen molar-refractivity contribution in [3.63, 3.8) is 0 Å². The van der Waals surface area contributed by atoms with Crippen LogP contribution in [0.25, 0.3) is 11.8 Å². The molecule has 1 N–H and O–H groups in total. The van der Waals surface area contributed by atoms with Crippen LogP contribution in [-0.4, -0.2) is 46.2 Å². The SMILES string of the molecule is COc1ccc(C=CC(=O)NCc2nnc(SCC3CCCO3)n2-c2cccc(C(F)(F)F)c2)cc1. The molecule has 0 bridgehead atoms. The predicted molar refractivity (Wildman–Crippen MR) is 130 cm³/mol. The predicted octanol–water partition coefficient (Wildman–Crippen LogP) is 4.90. The van der Waals surface area contributed by atoms with Gasteiger partial charge >= 0.3 is 6.18 Å². The first kappa shape index (κ1) is 25.8. The third-order valence-electron chi connectivity index (χ3n) is 5.52. The summed E-state index contributed by atoms with van der Waals surface area (Å²) < 4.78 is 52.4. The molecule has 1 amide bonds. The number of nitrogens with one attached hydrogen (secondary N) is 1. The minimum Gasteiger partial charge on any atom is -0.497 e. The third-order valence-corrected chi connectivity index (χ3v) is 6.58.